The molecule has 0 aromatic heterocycles. The van der Waals surface area contributed by atoms with Crippen molar-refractivity contribution >= 4 is 5.96 Å². The zero-order valence-corrected chi connectivity index (χ0v) is 14.6. The summed E-state index contributed by atoms with van der Waals surface area (Å²) in [5.74, 6) is 1.82. The van der Waals surface area contributed by atoms with E-state index in [0.29, 0.717) is 0 Å². The molecule has 0 saturated heterocycles. The van der Waals surface area contributed by atoms with E-state index >= 15 is 0 Å². The summed E-state index contributed by atoms with van der Waals surface area (Å²) < 4.78 is 5.72. The van der Waals surface area contributed by atoms with E-state index in [1.54, 1.807) is 0 Å². The zero-order chi connectivity index (χ0) is 16.3. The summed E-state index contributed by atoms with van der Waals surface area (Å²) in [5.41, 5.74) is 1.38. The monoisotopic (exact) mass is 317 g/mol. The van der Waals surface area contributed by atoms with Gasteiger partial charge in [-0.05, 0) is 44.1 Å². The van der Waals surface area contributed by atoms with Gasteiger partial charge in [0.15, 0.2) is 5.96 Å². The van der Waals surface area contributed by atoms with Crippen molar-refractivity contribution in [3.05, 3.63) is 35.9 Å². The Morgan fingerprint density at radius 3 is 2.78 bits per heavy atom. The maximum atomic E-state index is 5.72. The van der Waals surface area contributed by atoms with E-state index in [2.05, 4.69) is 54.5 Å². The molecule has 1 aromatic rings. The lowest BCUT2D eigenvalue weighted by molar-refractivity contribution is 0.115. The number of hydrogen-bond donors (Lipinski definition) is 1. The summed E-state index contributed by atoms with van der Waals surface area (Å²) in [4.78, 5) is 6.90. The van der Waals surface area contributed by atoms with Crippen molar-refractivity contribution in [2.24, 2.45) is 10.9 Å². The average molecular weight is 317 g/mol. The van der Waals surface area contributed by atoms with Crippen molar-refractivity contribution in [2.75, 3.05) is 39.9 Å². The summed E-state index contributed by atoms with van der Waals surface area (Å²) in [5, 5.41) is 3.36. The molecule has 1 aliphatic carbocycles. The highest BCUT2D eigenvalue weighted by molar-refractivity contribution is 5.79. The number of nitrogens with zero attached hydrogens (tertiary/aromatic N) is 2. The van der Waals surface area contributed by atoms with Crippen LogP contribution in [0.2, 0.25) is 0 Å². The molecule has 4 nitrogen and oxygen atoms in total. The van der Waals surface area contributed by atoms with Crippen LogP contribution in [0, 0.1) is 5.92 Å². The van der Waals surface area contributed by atoms with Crippen LogP contribution in [0.5, 0.6) is 0 Å². The molecular formula is C19H31N3O. The zero-order valence-electron chi connectivity index (χ0n) is 14.6. The fourth-order valence-corrected chi connectivity index (χ4v) is 2.42. The molecule has 1 N–H and O–H groups in total. The summed E-state index contributed by atoms with van der Waals surface area (Å²) in [7, 11) is 2.08. The van der Waals surface area contributed by atoms with Crippen molar-refractivity contribution in [3.63, 3.8) is 0 Å². The molecule has 1 aliphatic rings. The van der Waals surface area contributed by atoms with Crippen LogP contribution < -0.4 is 5.32 Å². The van der Waals surface area contributed by atoms with E-state index in [4.69, 9.17) is 9.73 Å². The standard InChI is InChI=1S/C19H31N3O/c1-3-20-19(22(2)14-15-23-16-18-11-12-18)21-13-7-10-17-8-5-4-6-9-17/h4-6,8-9,18H,3,7,10-16H2,1-2H3,(H,20,21). The number of nitrogens with one attached hydrogen (secondary N) is 1. The van der Waals surface area contributed by atoms with Gasteiger partial charge in [0.05, 0.1) is 6.61 Å². The van der Waals surface area contributed by atoms with E-state index in [0.717, 1.165) is 57.6 Å². The molecule has 128 valence electrons. The Balaban J connectivity index is 1.67. The first-order valence-electron chi connectivity index (χ1n) is 8.90. The molecule has 0 unspecified atom stereocenters. The van der Waals surface area contributed by atoms with Gasteiger partial charge in [-0.1, -0.05) is 30.3 Å². The van der Waals surface area contributed by atoms with Gasteiger partial charge in [-0.3, -0.25) is 4.99 Å². The van der Waals surface area contributed by atoms with Gasteiger partial charge in [0.1, 0.15) is 0 Å². The molecule has 0 atom stereocenters. The molecule has 0 radical (unpaired) electrons. The summed E-state index contributed by atoms with van der Waals surface area (Å²) in [6.45, 7) is 6.45. The van der Waals surface area contributed by atoms with E-state index in [1.807, 2.05) is 0 Å². The smallest absolute Gasteiger partial charge is 0.193 e. The lowest BCUT2D eigenvalue weighted by Crippen LogP contribution is -2.40. The van der Waals surface area contributed by atoms with Crippen LogP contribution in [-0.4, -0.2) is 50.8 Å². The van der Waals surface area contributed by atoms with Crippen LogP contribution in [-0.2, 0) is 11.2 Å². The van der Waals surface area contributed by atoms with Crippen molar-refractivity contribution in [3.8, 4) is 0 Å². The number of aryl methyl sites for hydroxylation is 1. The van der Waals surface area contributed by atoms with E-state index < -0.39 is 0 Å². The van der Waals surface area contributed by atoms with Gasteiger partial charge in [-0.15, -0.1) is 0 Å². The van der Waals surface area contributed by atoms with Crippen molar-refractivity contribution in [2.45, 2.75) is 32.6 Å². The Labute approximate surface area is 140 Å². The first-order chi connectivity index (χ1) is 11.3. The molecule has 0 heterocycles. The number of hydrogen-bond acceptors (Lipinski definition) is 2. The molecule has 1 fully saturated rings. The molecule has 2 rings (SSSR count). The van der Waals surface area contributed by atoms with Crippen LogP contribution in [0.25, 0.3) is 0 Å². The first-order valence-corrected chi connectivity index (χ1v) is 8.90. The highest BCUT2D eigenvalue weighted by Gasteiger charge is 2.21. The van der Waals surface area contributed by atoms with Gasteiger partial charge in [0.25, 0.3) is 0 Å². The number of guanidine groups is 1. The third kappa shape index (κ3) is 7.51. The maximum Gasteiger partial charge on any atom is 0.193 e. The van der Waals surface area contributed by atoms with Crippen LogP contribution in [0.15, 0.2) is 35.3 Å². The molecule has 23 heavy (non-hydrogen) atoms. The minimum absolute atomic E-state index is 0.779. The Kier molecular flexibility index (Phi) is 7.95. The molecule has 1 saturated carbocycles. The van der Waals surface area contributed by atoms with Gasteiger partial charge in [0, 0.05) is 33.3 Å². The molecule has 1 aromatic carbocycles. The molecule has 4 heteroatoms. The van der Waals surface area contributed by atoms with E-state index in [-0.39, 0.29) is 0 Å². The summed E-state index contributed by atoms with van der Waals surface area (Å²) in [6.07, 6.45) is 4.85. The van der Waals surface area contributed by atoms with Crippen LogP contribution in [0.1, 0.15) is 31.7 Å². The van der Waals surface area contributed by atoms with Gasteiger partial charge in [-0.25, -0.2) is 0 Å². The number of ether oxygens (including phenoxy) is 1. The summed E-state index contributed by atoms with van der Waals surface area (Å²) in [6, 6.07) is 10.6. The number of benzene rings is 1. The van der Waals surface area contributed by atoms with Crippen molar-refractivity contribution in [1.82, 2.24) is 10.2 Å². The minimum atomic E-state index is 0.779. The topological polar surface area (TPSA) is 36.9 Å². The van der Waals surface area contributed by atoms with Gasteiger partial charge in [-0.2, -0.15) is 0 Å². The Hall–Kier alpha value is -1.55. The van der Waals surface area contributed by atoms with Crippen LogP contribution >= 0.6 is 0 Å². The number of aliphatic imine (C=N–C) groups is 1. The quantitative estimate of drug-likeness (QED) is 0.409. The SMILES string of the molecule is CCNC(=NCCCc1ccccc1)N(C)CCOCC1CC1. The third-order valence-corrected chi connectivity index (χ3v) is 4.05. The number of rotatable bonds is 10. The normalized spacial score (nSPS) is 14.8. The predicted octanol–water partition coefficient (Wildman–Crippen LogP) is 2.94. The minimum Gasteiger partial charge on any atom is -0.379 e. The van der Waals surface area contributed by atoms with Crippen molar-refractivity contribution < 1.29 is 4.74 Å². The number of likely N-dealkylation sites (N-methyl/N-ethyl adjacent to an activating group) is 1. The highest BCUT2D eigenvalue weighted by atomic mass is 16.5. The second-order valence-electron chi connectivity index (χ2n) is 6.26. The lowest BCUT2D eigenvalue weighted by atomic mass is 10.1. The second-order valence-corrected chi connectivity index (χ2v) is 6.26. The van der Waals surface area contributed by atoms with Gasteiger partial charge < -0.3 is 15.0 Å². The Morgan fingerprint density at radius 2 is 2.09 bits per heavy atom. The third-order valence-electron chi connectivity index (χ3n) is 4.05. The predicted molar refractivity (Wildman–Crippen MR) is 96.9 cm³/mol. The van der Waals surface area contributed by atoms with Crippen LogP contribution in [0.4, 0.5) is 0 Å². The summed E-state index contributed by atoms with van der Waals surface area (Å²) >= 11 is 0. The molecule has 0 amide bonds. The average Bonchev–Trinajstić information content (AvgIpc) is 3.39. The Bertz CT molecular complexity index is 457. The molecule has 0 spiro atoms. The van der Waals surface area contributed by atoms with E-state index in [9.17, 15) is 0 Å². The van der Waals surface area contributed by atoms with Crippen LogP contribution in [0.3, 0.4) is 0 Å². The lowest BCUT2D eigenvalue weighted by Gasteiger charge is -2.22. The maximum absolute atomic E-state index is 5.72. The Morgan fingerprint density at radius 1 is 1.30 bits per heavy atom. The largest absolute Gasteiger partial charge is 0.379 e. The highest BCUT2D eigenvalue weighted by Crippen LogP contribution is 2.28. The van der Waals surface area contributed by atoms with Gasteiger partial charge in [0.2, 0.25) is 0 Å². The van der Waals surface area contributed by atoms with Gasteiger partial charge >= 0.3 is 0 Å². The molecule has 0 bridgehead atoms. The first kappa shape index (κ1) is 17.8. The van der Waals surface area contributed by atoms with E-state index in [1.165, 1.54) is 18.4 Å². The fourth-order valence-electron chi connectivity index (χ4n) is 2.42. The molecule has 0 aliphatic heterocycles. The molecular weight excluding hydrogens is 286 g/mol. The van der Waals surface area contributed by atoms with Crippen molar-refractivity contribution in [1.29, 1.82) is 0 Å². The second kappa shape index (κ2) is 10.3. The fraction of sp³-hybridized carbons (Fsp3) is 0.632.